The van der Waals surface area contributed by atoms with Gasteiger partial charge in [0.1, 0.15) is 5.82 Å². The number of carbonyl (C=O) groups is 1. The zero-order valence-corrected chi connectivity index (χ0v) is 15.8. The van der Waals surface area contributed by atoms with Crippen molar-refractivity contribution in [1.82, 2.24) is 4.90 Å². The Morgan fingerprint density at radius 3 is 2.62 bits per heavy atom. The number of likely N-dealkylation sites (N-methyl/N-ethyl adjacent to an activating group) is 1. The molecular formula is C19H18Cl2FN3O. The SMILES string of the molecule is CN(CC(=O)N(CCC#N)c1ccccc1F)Cc1ccc(Cl)cc1Cl. The van der Waals surface area contributed by atoms with Crippen LogP contribution in [0, 0.1) is 17.1 Å². The second-order valence-corrected chi connectivity index (χ2v) is 6.66. The van der Waals surface area contributed by atoms with Gasteiger partial charge >= 0.3 is 0 Å². The monoisotopic (exact) mass is 393 g/mol. The van der Waals surface area contributed by atoms with Crippen molar-refractivity contribution in [2.75, 3.05) is 25.0 Å². The lowest BCUT2D eigenvalue weighted by Crippen LogP contribution is -2.40. The zero-order chi connectivity index (χ0) is 19.1. The number of nitriles is 1. The molecule has 136 valence electrons. The number of benzene rings is 2. The first-order chi connectivity index (χ1) is 12.4. The molecule has 0 aromatic heterocycles. The summed E-state index contributed by atoms with van der Waals surface area (Å²) in [5.41, 5.74) is 1.01. The topological polar surface area (TPSA) is 47.3 Å². The molecule has 0 saturated carbocycles. The van der Waals surface area contributed by atoms with Crippen LogP contribution in [0.2, 0.25) is 10.0 Å². The van der Waals surface area contributed by atoms with Gasteiger partial charge in [-0.15, -0.1) is 0 Å². The van der Waals surface area contributed by atoms with Crippen molar-refractivity contribution in [3.8, 4) is 6.07 Å². The quantitative estimate of drug-likeness (QED) is 0.694. The Balaban J connectivity index is 2.10. The molecule has 26 heavy (non-hydrogen) atoms. The third kappa shape index (κ3) is 5.43. The molecule has 0 N–H and O–H groups in total. The Kier molecular flexibility index (Phi) is 7.40. The maximum absolute atomic E-state index is 14.1. The third-order valence-corrected chi connectivity index (χ3v) is 4.34. The normalized spacial score (nSPS) is 10.6. The van der Waals surface area contributed by atoms with E-state index in [1.165, 1.54) is 17.0 Å². The molecule has 0 spiro atoms. The van der Waals surface area contributed by atoms with Crippen LogP contribution < -0.4 is 4.90 Å². The van der Waals surface area contributed by atoms with Gasteiger partial charge in [-0.1, -0.05) is 41.4 Å². The minimum absolute atomic E-state index is 0.0543. The van der Waals surface area contributed by atoms with Crippen molar-refractivity contribution in [3.05, 3.63) is 63.9 Å². The number of halogens is 3. The summed E-state index contributed by atoms with van der Waals surface area (Å²) in [6.45, 7) is 0.621. The number of nitrogens with zero attached hydrogens (tertiary/aromatic N) is 3. The highest BCUT2D eigenvalue weighted by Gasteiger charge is 2.20. The first-order valence-electron chi connectivity index (χ1n) is 7.96. The molecule has 0 aliphatic carbocycles. The van der Waals surface area contributed by atoms with Gasteiger partial charge in [0, 0.05) is 23.1 Å². The lowest BCUT2D eigenvalue weighted by Gasteiger charge is -2.25. The van der Waals surface area contributed by atoms with Crippen LogP contribution in [0.3, 0.4) is 0 Å². The Labute approximate surface area is 162 Å². The number of para-hydroxylation sites is 1. The maximum atomic E-state index is 14.1. The second-order valence-electron chi connectivity index (χ2n) is 5.81. The van der Waals surface area contributed by atoms with Crippen molar-refractivity contribution in [2.24, 2.45) is 0 Å². The van der Waals surface area contributed by atoms with E-state index >= 15 is 0 Å². The van der Waals surface area contributed by atoms with Crippen molar-refractivity contribution < 1.29 is 9.18 Å². The van der Waals surface area contributed by atoms with Crippen LogP contribution in [0.15, 0.2) is 42.5 Å². The zero-order valence-electron chi connectivity index (χ0n) is 14.3. The second kappa shape index (κ2) is 9.54. The molecule has 0 saturated heterocycles. The van der Waals surface area contributed by atoms with E-state index in [1.54, 1.807) is 42.3 Å². The summed E-state index contributed by atoms with van der Waals surface area (Å²) >= 11 is 12.1. The van der Waals surface area contributed by atoms with Gasteiger partial charge in [0.2, 0.25) is 5.91 Å². The highest BCUT2D eigenvalue weighted by molar-refractivity contribution is 6.35. The van der Waals surface area contributed by atoms with Crippen LogP contribution >= 0.6 is 23.2 Å². The summed E-state index contributed by atoms with van der Waals surface area (Å²) in [5.74, 6) is -0.792. The fraction of sp³-hybridized carbons (Fsp3) is 0.263. The standard InChI is InChI=1S/C19H18Cl2FN3O/c1-24(12-14-7-8-15(20)11-16(14)21)13-19(26)25(10-4-9-23)18-6-3-2-5-17(18)22/h2-3,5-8,11H,4,10,12-13H2,1H3. The Bertz CT molecular complexity index is 823. The minimum atomic E-state index is -0.498. The lowest BCUT2D eigenvalue weighted by molar-refractivity contribution is -0.119. The number of hydrogen-bond donors (Lipinski definition) is 0. The summed E-state index contributed by atoms with van der Waals surface area (Å²) in [5, 5.41) is 9.89. The predicted octanol–water partition coefficient (Wildman–Crippen LogP) is 4.51. The molecule has 0 fully saturated rings. The van der Waals surface area contributed by atoms with Gasteiger partial charge in [-0.05, 0) is 36.9 Å². The summed E-state index contributed by atoms with van der Waals surface area (Å²) < 4.78 is 14.1. The van der Waals surface area contributed by atoms with E-state index in [4.69, 9.17) is 28.5 Å². The van der Waals surface area contributed by atoms with Crippen LogP contribution in [-0.4, -0.2) is 30.9 Å². The molecule has 2 rings (SSSR count). The molecule has 0 unspecified atom stereocenters. The van der Waals surface area contributed by atoms with E-state index in [0.29, 0.717) is 16.6 Å². The molecule has 2 aromatic carbocycles. The molecule has 4 nitrogen and oxygen atoms in total. The van der Waals surface area contributed by atoms with Gasteiger partial charge in [0.15, 0.2) is 0 Å². The molecule has 0 atom stereocenters. The first kappa shape index (κ1) is 20.2. The molecule has 1 amide bonds. The summed E-state index contributed by atoms with van der Waals surface area (Å²) in [6, 6.07) is 13.2. The molecule has 0 aliphatic heterocycles. The van der Waals surface area contributed by atoms with E-state index in [-0.39, 0.29) is 31.1 Å². The average Bonchev–Trinajstić information content (AvgIpc) is 2.59. The maximum Gasteiger partial charge on any atom is 0.241 e. The third-order valence-electron chi connectivity index (χ3n) is 3.75. The van der Waals surface area contributed by atoms with Crippen LogP contribution in [0.4, 0.5) is 10.1 Å². The predicted molar refractivity (Wildman–Crippen MR) is 102 cm³/mol. The fourth-order valence-electron chi connectivity index (χ4n) is 2.52. The molecule has 2 aromatic rings. The van der Waals surface area contributed by atoms with Crippen molar-refractivity contribution in [1.29, 1.82) is 5.26 Å². The first-order valence-corrected chi connectivity index (χ1v) is 8.72. The molecule has 0 radical (unpaired) electrons. The van der Waals surface area contributed by atoms with Gasteiger partial charge < -0.3 is 4.90 Å². The van der Waals surface area contributed by atoms with Crippen molar-refractivity contribution in [3.63, 3.8) is 0 Å². The number of amides is 1. The number of anilines is 1. The summed E-state index contributed by atoms with van der Waals surface area (Å²) in [4.78, 5) is 15.8. The highest BCUT2D eigenvalue weighted by Crippen LogP contribution is 2.23. The van der Waals surface area contributed by atoms with Crippen molar-refractivity contribution >= 4 is 34.8 Å². The smallest absolute Gasteiger partial charge is 0.241 e. The molecular weight excluding hydrogens is 376 g/mol. The summed E-state index contributed by atoms with van der Waals surface area (Å²) in [6.07, 6.45) is 0.118. The van der Waals surface area contributed by atoms with Crippen LogP contribution in [0.5, 0.6) is 0 Å². The van der Waals surface area contributed by atoms with Gasteiger partial charge in [-0.3, -0.25) is 9.69 Å². The average molecular weight is 394 g/mol. The van der Waals surface area contributed by atoms with Crippen LogP contribution in [0.1, 0.15) is 12.0 Å². The van der Waals surface area contributed by atoms with Gasteiger partial charge in [0.05, 0.1) is 24.7 Å². The number of carbonyl (C=O) groups excluding carboxylic acids is 1. The highest BCUT2D eigenvalue weighted by atomic mass is 35.5. The molecule has 7 heteroatoms. The Morgan fingerprint density at radius 1 is 1.23 bits per heavy atom. The van der Waals surface area contributed by atoms with E-state index in [2.05, 4.69) is 0 Å². The lowest BCUT2D eigenvalue weighted by atomic mass is 10.2. The fourth-order valence-corrected chi connectivity index (χ4v) is 2.99. The molecule has 0 bridgehead atoms. The van der Waals surface area contributed by atoms with E-state index < -0.39 is 5.82 Å². The summed E-state index contributed by atoms with van der Waals surface area (Å²) in [7, 11) is 1.77. The van der Waals surface area contributed by atoms with Crippen LogP contribution in [-0.2, 0) is 11.3 Å². The van der Waals surface area contributed by atoms with Gasteiger partial charge in [-0.2, -0.15) is 5.26 Å². The Morgan fingerprint density at radius 2 is 1.96 bits per heavy atom. The van der Waals surface area contributed by atoms with E-state index in [9.17, 15) is 9.18 Å². The van der Waals surface area contributed by atoms with Gasteiger partial charge in [-0.25, -0.2) is 4.39 Å². The number of rotatable bonds is 7. The van der Waals surface area contributed by atoms with Crippen LogP contribution in [0.25, 0.3) is 0 Å². The number of hydrogen-bond acceptors (Lipinski definition) is 3. The molecule has 0 heterocycles. The molecule has 0 aliphatic rings. The van der Waals surface area contributed by atoms with Gasteiger partial charge in [0.25, 0.3) is 0 Å². The van der Waals surface area contributed by atoms with E-state index in [0.717, 1.165) is 5.56 Å². The minimum Gasteiger partial charge on any atom is -0.308 e. The van der Waals surface area contributed by atoms with Crippen molar-refractivity contribution in [2.45, 2.75) is 13.0 Å². The largest absolute Gasteiger partial charge is 0.308 e. The van der Waals surface area contributed by atoms with E-state index in [1.807, 2.05) is 6.07 Å². The Hall–Kier alpha value is -2.13.